The van der Waals surface area contributed by atoms with Gasteiger partial charge in [0.2, 0.25) is 0 Å². The highest BCUT2D eigenvalue weighted by atomic mass is 16.6. The Morgan fingerprint density at radius 2 is 1.95 bits per heavy atom. The molecule has 1 saturated heterocycles. The smallest absolute Gasteiger partial charge is 0.331 e. The summed E-state index contributed by atoms with van der Waals surface area (Å²) in [6.07, 6.45) is 0.504. The van der Waals surface area contributed by atoms with Gasteiger partial charge in [-0.25, -0.2) is 4.79 Å². The van der Waals surface area contributed by atoms with Crippen LogP contribution in [0.2, 0.25) is 0 Å². The van der Waals surface area contributed by atoms with E-state index in [1.54, 1.807) is 0 Å². The number of carbonyl (C=O) groups is 1. The van der Waals surface area contributed by atoms with Gasteiger partial charge in [-0.1, -0.05) is 30.3 Å². The number of hydrogen-bond donors (Lipinski definition) is 1. The van der Waals surface area contributed by atoms with Crippen molar-refractivity contribution in [3.63, 3.8) is 0 Å². The quantitative estimate of drug-likeness (QED) is 0.666. The Kier molecular flexibility index (Phi) is 3.65. The summed E-state index contributed by atoms with van der Waals surface area (Å²) < 4.78 is 10.7. The van der Waals surface area contributed by atoms with E-state index in [0.29, 0.717) is 13.0 Å². The van der Waals surface area contributed by atoms with Gasteiger partial charge < -0.3 is 15.2 Å². The van der Waals surface area contributed by atoms with Gasteiger partial charge in [0.15, 0.2) is 0 Å². The lowest BCUT2D eigenvalue weighted by atomic mass is 9.86. The van der Waals surface area contributed by atoms with Crippen LogP contribution in [0.1, 0.15) is 32.8 Å². The number of nitrogens with two attached hydrogens (primary N) is 1. The van der Waals surface area contributed by atoms with Crippen LogP contribution < -0.4 is 5.73 Å². The van der Waals surface area contributed by atoms with E-state index in [1.165, 1.54) is 0 Å². The van der Waals surface area contributed by atoms with Crippen LogP contribution in [0.25, 0.3) is 0 Å². The second-order valence-electron chi connectivity index (χ2n) is 6.00. The fraction of sp³-hybridized carbons (Fsp3) is 0.533. The van der Waals surface area contributed by atoms with Crippen molar-refractivity contribution in [1.82, 2.24) is 0 Å². The molecule has 4 nitrogen and oxygen atoms in total. The maximum atomic E-state index is 12.4. The van der Waals surface area contributed by atoms with Gasteiger partial charge in [0.1, 0.15) is 11.1 Å². The van der Waals surface area contributed by atoms with Crippen LogP contribution in [0.3, 0.4) is 0 Å². The molecule has 2 rings (SSSR count). The molecule has 2 atom stereocenters. The number of rotatable bonds is 4. The first kappa shape index (κ1) is 14.0. The minimum Gasteiger partial charge on any atom is -0.458 e. The predicted molar refractivity (Wildman–Crippen MR) is 72.5 cm³/mol. The molecule has 0 amide bonds. The monoisotopic (exact) mass is 263 g/mol. The molecule has 0 unspecified atom stereocenters. The summed E-state index contributed by atoms with van der Waals surface area (Å²) in [5.41, 5.74) is 5.42. The number of ether oxygens (including phenoxy) is 2. The van der Waals surface area contributed by atoms with Gasteiger partial charge >= 0.3 is 5.97 Å². The summed E-state index contributed by atoms with van der Waals surface area (Å²) >= 11 is 0. The topological polar surface area (TPSA) is 64.8 Å². The van der Waals surface area contributed by atoms with Crippen LogP contribution in [0.5, 0.6) is 0 Å². The highest BCUT2D eigenvalue weighted by molar-refractivity contribution is 5.82. The van der Waals surface area contributed by atoms with E-state index >= 15 is 0 Å². The molecule has 0 saturated carbocycles. The minimum absolute atomic E-state index is 0.0534. The first-order valence-corrected chi connectivity index (χ1v) is 6.51. The average molecular weight is 263 g/mol. The summed E-state index contributed by atoms with van der Waals surface area (Å²) in [7, 11) is 0. The van der Waals surface area contributed by atoms with Crippen molar-refractivity contribution < 1.29 is 14.3 Å². The SMILES string of the molecule is CC(C)(C)OC(=O)[C@](N)(C[C@@H]1CO1)c1ccccc1. The number of benzene rings is 1. The van der Waals surface area contributed by atoms with Crippen LogP contribution >= 0.6 is 0 Å². The predicted octanol–water partition coefficient (Wildman–Crippen LogP) is 1.97. The van der Waals surface area contributed by atoms with Crippen molar-refractivity contribution in [1.29, 1.82) is 0 Å². The number of epoxide rings is 1. The molecular weight excluding hydrogens is 242 g/mol. The Morgan fingerprint density at radius 1 is 1.37 bits per heavy atom. The average Bonchev–Trinajstić information content (AvgIpc) is 3.11. The molecule has 1 aliphatic heterocycles. The molecule has 1 aromatic rings. The van der Waals surface area contributed by atoms with Crippen molar-refractivity contribution in [3.8, 4) is 0 Å². The van der Waals surface area contributed by atoms with Crippen molar-refractivity contribution in [3.05, 3.63) is 35.9 Å². The summed E-state index contributed by atoms with van der Waals surface area (Å²) in [4.78, 5) is 12.4. The normalized spacial score (nSPS) is 21.6. The fourth-order valence-electron chi connectivity index (χ4n) is 1.97. The Bertz CT molecular complexity index is 448. The first-order chi connectivity index (χ1) is 8.81. The summed E-state index contributed by atoms with van der Waals surface area (Å²) in [6.45, 7) is 6.17. The van der Waals surface area contributed by atoms with Crippen LogP contribution in [-0.4, -0.2) is 24.3 Å². The Labute approximate surface area is 113 Å². The van der Waals surface area contributed by atoms with Crippen LogP contribution in [0.15, 0.2) is 30.3 Å². The van der Waals surface area contributed by atoms with Crippen LogP contribution in [0, 0.1) is 0 Å². The van der Waals surface area contributed by atoms with Gasteiger partial charge in [-0.05, 0) is 26.3 Å². The van der Waals surface area contributed by atoms with Crippen molar-refractivity contribution >= 4 is 5.97 Å². The summed E-state index contributed by atoms with van der Waals surface area (Å²) in [5.74, 6) is -0.401. The van der Waals surface area contributed by atoms with E-state index < -0.39 is 17.1 Å². The first-order valence-electron chi connectivity index (χ1n) is 6.51. The summed E-state index contributed by atoms with van der Waals surface area (Å²) in [6, 6.07) is 9.34. The zero-order chi connectivity index (χ0) is 14.1. The van der Waals surface area contributed by atoms with Crippen molar-refractivity contribution in [2.75, 3.05) is 6.61 Å². The van der Waals surface area contributed by atoms with E-state index in [4.69, 9.17) is 15.2 Å². The van der Waals surface area contributed by atoms with Crippen molar-refractivity contribution in [2.45, 2.75) is 44.4 Å². The Morgan fingerprint density at radius 3 is 2.42 bits per heavy atom. The van der Waals surface area contributed by atoms with E-state index in [0.717, 1.165) is 5.56 Å². The highest BCUT2D eigenvalue weighted by Crippen LogP contribution is 2.31. The van der Waals surface area contributed by atoms with Crippen LogP contribution in [0.4, 0.5) is 0 Å². The Hall–Kier alpha value is -1.39. The molecule has 2 N–H and O–H groups in total. The molecule has 0 aliphatic carbocycles. The van der Waals surface area contributed by atoms with Gasteiger partial charge in [0, 0.05) is 6.42 Å². The van der Waals surface area contributed by atoms with Gasteiger partial charge in [-0.3, -0.25) is 0 Å². The third-order valence-corrected chi connectivity index (χ3v) is 3.00. The number of esters is 1. The summed E-state index contributed by atoms with van der Waals surface area (Å²) in [5, 5.41) is 0. The fourth-order valence-corrected chi connectivity index (χ4v) is 1.97. The van der Waals surface area contributed by atoms with Gasteiger partial charge in [0.25, 0.3) is 0 Å². The number of carbonyl (C=O) groups excluding carboxylic acids is 1. The molecule has 0 radical (unpaired) electrons. The van der Waals surface area contributed by atoms with Gasteiger partial charge in [0.05, 0.1) is 12.7 Å². The third-order valence-electron chi connectivity index (χ3n) is 3.00. The highest BCUT2D eigenvalue weighted by Gasteiger charge is 2.44. The van der Waals surface area contributed by atoms with E-state index in [1.807, 2.05) is 51.1 Å². The third kappa shape index (κ3) is 3.55. The molecular formula is C15H21NO3. The molecule has 0 bridgehead atoms. The van der Waals surface area contributed by atoms with Gasteiger partial charge in [-0.2, -0.15) is 0 Å². The molecule has 4 heteroatoms. The van der Waals surface area contributed by atoms with E-state index in [2.05, 4.69) is 0 Å². The van der Waals surface area contributed by atoms with E-state index in [-0.39, 0.29) is 6.10 Å². The zero-order valence-electron chi connectivity index (χ0n) is 11.7. The Balaban J connectivity index is 2.26. The molecule has 1 heterocycles. The molecule has 19 heavy (non-hydrogen) atoms. The maximum absolute atomic E-state index is 12.4. The molecule has 0 spiro atoms. The molecule has 1 fully saturated rings. The second kappa shape index (κ2) is 4.94. The molecule has 0 aromatic heterocycles. The maximum Gasteiger partial charge on any atom is 0.331 e. The lowest BCUT2D eigenvalue weighted by Gasteiger charge is -2.31. The molecule has 1 aliphatic rings. The minimum atomic E-state index is -1.14. The second-order valence-corrected chi connectivity index (χ2v) is 6.00. The van der Waals surface area contributed by atoms with E-state index in [9.17, 15) is 4.79 Å². The number of hydrogen-bond acceptors (Lipinski definition) is 4. The zero-order valence-corrected chi connectivity index (χ0v) is 11.7. The molecule has 1 aromatic carbocycles. The standard InChI is InChI=1S/C15H21NO3/c1-14(2,3)19-13(17)15(16,9-12-10-18-12)11-7-5-4-6-8-11/h4-8,12H,9-10,16H2,1-3H3/t12-,15+/m1/s1. The largest absolute Gasteiger partial charge is 0.458 e. The van der Waals surface area contributed by atoms with Crippen molar-refractivity contribution in [2.24, 2.45) is 5.73 Å². The van der Waals surface area contributed by atoms with Gasteiger partial charge in [-0.15, -0.1) is 0 Å². The van der Waals surface area contributed by atoms with Crippen LogP contribution in [-0.2, 0) is 19.8 Å². The lowest BCUT2D eigenvalue weighted by molar-refractivity contribution is -0.162. The lowest BCUT2D eigenvalue weighted by Crippen LogP contribution is -2.49. The molecule has 104 valence electrons.